The lowest BCUT2D eigenvalue weighted by atomic mass is 10.0. The highest BCUT2D eigenvalue weighted by molar-refractivity contribution is 5.79. The van der Waals surface area contributed by atoms with Crippen LogP contribution < -0.4 is 4.90 Å². The summed E-state index contributed by atoms with van der Waals surface area (Å²) in [6.07, 6.45) is 25.4. The first kappa shape index (κ1) is 27.5. The van der Waals surface area contributed by atoms with Gasteiger partial charge >= 0.3 is 0 Å². The van der Waals surface area contributed by atoms with E-state index in [0.29, 0.717) is 0 Å². The highest BCUT2D eigenvalue weighted by Crippen LogP contribution is 2.36. The molecule has 0 aliphatic carbocycles. The van der Waals surface area contributed by atoms with Gasteiger partial charge in [0.05, 0.1) is 0 Å². The van der Waals surface area contributed by atoms with Crippen LogP contribution in [0.5, 0.6) is 0 Å². The summed E-state index contributed by atoms with van der Waals surface area (Å²) < 4.78 is 0. The molecule has 0 spiro atoms. The molecule has 0 fully saturated rings. The molecule has 0 saturated heterocycles. The van der Waals surface area contributed by atoms with Crippen molar-refractivity contribution in [2.24, 2.45) is 0 Å². The van der Waals surface area contributed by atoms with Gasteiger partial charge in [-0.25, -0.2) is 0 Å². The molecule has 0 radical (unpaired) electrons. The van der Waals surface area contributed by atoms with E-state index in [9.17, 15) is 4.79 Å². The molecule has 192 valence electrons. The molecule has 2 aromatic rings. The number of rotatable bonds is 18. The molecular formula is C33H49NO. The molecule has 2 aromatic carbocycles. The number of hydrogen-bond donors (Lipinski definition) is 0. The van der Waals surface area contributed by atoms with Crippen molar-refractivity contribution >= 4 is 17.7 Å². The van der Waals surface area contributed by atoms with Crippen LogP contribution in [0, 0.1) is 0 Å². The van der Waals surface area contributed by atoms with Gasteiger partial charge in [-0.15, -0.1) is 0 Å². The summed E-state index contributed by atoms with van der Waals surface area (Å²) in [4.78, 5) is 13.8. The standard InChI is InChI=1S/C33H49NO/c1-2-3-4-5-6-7-8-9-10-11-12-13-14-15-16-19-26-34-32-21-18-17-20-30(32)23-24-31-27-29(28-35)22-25-33(31)34/h17-18,20-22,25,27-28H,2-16,19,23-24,26H2,1H3. The number of nitrogens with zero attached hydrogens (tertiary/aromatic N) is 1. The maximum Gasteiger partial charge on any atom is 0.150 e. The zero-order chi connectivity index (χ0) is 24.6. The van der Waals surface area contributed by atoms with Crippen LogP contribution in [0.1, 0.15) is 131 Å². The molecule has 0 amide bonds. The summed E-state index contributed by atoms with van der Waals surface area (Å²) in [5.41, 5.74) is 6.17. The minimum Gasteiger partial charge on any atom is -0.341 e. The van der Waals surface area contributed by atoms with Crippen LogP contribution in [0.3, 0.4) is 0 Å². The normalized spacial score (nSPS) is 12.8. The zero-order valence-electron chi connectivity index (χ0n) is 22.4. The average molecular weight is 476 g/mol. The SMILES string of the molecule is CCCCCCCCCCCCCCCCCCN1c2ccccc2CCc2cc(C=O)ccc21. The van der Waals surface area contributed by atoms with Gasteiger partial charge in [0.1, 0.15) is 6.29 Å². The Bertz CT molecular complexity index is 858. The summed E-state index contributed by atoms with van der Waals surface area (Å²) in [6, 6.07) is 15.1. The molecule has 1 aliphatic heterocycles. The van der Waals surface area contributed by atoms with Crippen molar-refractivity contribution in [1.82, 2.24) is 0 Å². The predicted octanol–water partition coefficient (Wildman–Crippen LogP) is 10.00. The number of aryl methyl sites for hydroxylation is 2. The van der Waals surface area contributed by atoms with Crippen molar-refractivity contribution in [3.05, 3.63) is 59.2 Å². The molecule has 2 nitrogen and oxygen atoms in total. The van der Waals surface area contributed by atoms with E-state index in [0.717, 1.165) is 31.2 Å². The van der Waals surface area contributed by atoms with Gasteiger partial charge in [-0.2, -0.15) is 0 Å². The van der Waals surface area contributed by atoms with Crippen molar-refractivity contribution in [3.63, 3.8) is 0 Å². The summed E-state index contributed by atoms with van der Waals surface area (Å²) >= 11 is 0. The Morgan fingerprint density at radius 3 is 1.74 bits per heavy atom. The molecule has 0 saturated carbocycles. The van der Waals surface area contributed by atoms with Gasteiger partial charge in [-0.1, -0.05) is 121 Å². The van der Waals surface area contributed by atoms with E-state index in [2.05, 4.69) is 48.2 Å². The van der Waals surface area contributed by atoms with Gasteiger partial charge in [0.25, 0.3) is 0 Å². The molecular weight excluding hydrogens is 426 g/mol. The lowest BCUT2D eigenvalue weighted by Gasteiger charge is -2.27. The molecule has 35 heavy (non-hydrogen) atoms. The minimum absolute atomic E-state index is 0.789. The molecule has 2 heteroatoms. The lowest BCUT2D eigenvalue weighted by Crippen LogP contribution is -2.19. The molecule has 3 rings (SSSR count). The molecule has 0 bridgehead atoms. The van der Waals surface area contributed by atoms with E-state index >= 15 is 0 Å². The Balaban J connectivity index is 1.30. The number of aldehydes is 1. The van der Waals surface area contributed by atoms with E-state index < -0.39 is 0 Å². The third-order valence-electron chi connectivity index (χ3n) is 7.71. The largest absolute Gasteiger partial charge is 0.341 e. The second-order valence-electron chi connectivity index (χ2n) is 10.6. The van der Waals surface area contributed by atoms with Crippen LogP contribution in [-0.2, 0) is 12.8 Å². The van der Waals surface area contributed by atoms with Crippen LogP contribution in [0.2, 0.25) is 0 Å². The van der Waals surface area contributed by atoms with Gasteiger partial charge in [0.2, 0.25) is 0 Å². The van der Waals surface area contributed by atoms with Gasteiger partial charge in [-0.05, 0) is 54.7 Å². The third-order valence-corrected chi connectivity index (χ3v) is 7.71. The lowest BCUT2D eigenvalue weighted by molar-refractivity contribution is 0.112. The van der Waals surface area contributed by atoms with Gasteiger partial charge < -0.3 is 4.90 Å². The smallest absolute Gasteiger partial charge is 0.150 e. The molecule has 0 unspecified atom stereocenters. The fourth-order valence-corrected chi connectivity index (χ4v) is 5.59. The number of anilines is 2. The Kier molecular flexibility index (Phi) is 13.0. The first-order valence-electron chi connectivity index (χ1n) is 14.8. The number of para-hydroxylation sites is 1. The van der Waals surface area contributed by atoms with Crippen LogP contribution in [-0.4, -0.2) is 12.8 Å². The Morgan fingerprint density at radius 1 is 0.629 bits per heavy atom. The molecule has 0 N–H and O–H groups in total. The number of unbranched alkanes of at least 4 members (excludes halogenated alkanes) is 15. The fourth-order valence-electron chi connectivity index (χ4n) is 5.59. The van der Waals surface area contributed by atoms with Crippen LogP contribution in [0.15, 0.2) is 42.5 Å². The summed E-state index contributed by atoms with van der Waals surface area (Å²) in [6.45, 7) is 3.35. The van der Waals surface area contributed by atoms with E-state index in [4.69, 9.17) is 0 Å². The average Bonchev–Trinajstić information content (AvgIpc) is 3.05. The highest BCUT2D eigenvalue weighted by Gasteiger charge is 2.20. The molecule has 0 atom stereocenters. The van der Waals surface area contributed by atoms with E-state index in [-0.39, 0.29) is 0 Å². The quantitative estimate of drug-likeness (QED) is 0.158. The van der Waals surface area contributed by atoms with Crippen LogP contribution in [0.25, 0.3) is 0 Å². The van der Waals surface area contributed by atoms with Gasteiger partial charge in [0.15, 0.2) is 0 Å². The molecule has 1 heterocycles. The first-order valence-corrected chi connectivity index (χ1v) is 14.8. The zero-order valence-corrected chi connectivity index (χ0v) is 22.4. The monoisotopic (exact) mass is 475 g/mol. The van der Waals surface area contributed by atoms with Crippen LogP contribution in [0.4, 0.5) is 11.4 Å². The number of fused-ring (bicyclic) bond motifs is 2. The number of carbonyl (C=O) groups excluding carboxylic acids is 1. The summed E-state index contributed by atoms with van der Waals surface area (Å²) in [5.74, 6) is 0. The van der Waals surface area contributed by atoms with Crippen molar-refractivity contribution in [3.8, 4) is 0 Å². The van der Waals surface area contributed by atoms with E-state index in [1.165, 1.54) is 125 Å². The second kappa shape index (κ2) is 16.6. The topological polar surface area (TPSA) is 20.3 Å². The Labute approximate surface area is 215 Å². The second-order valence-corrected chi connectivity index (χ2v) is 10.6. The first-order chi connectivity index (χ1) is 17.3. The van der Waals surface area contributed by atoms with Crippen molar-refractivity contribution in [1.29, 1.82) is 0 Å². The van der Waals surface area contributed by atoms with Crippen molar-refractivity contribution < 1.29 is 4.79 Å². The summed E-state index contributed by atoms with van der Waals surface area (Å²) in [5, 5.41) is 0. The minimum atomic E-state index is 0.789. The maximum atomic E-state index is 11.3. The number of benzene rings is 2. The fraction of sp³-hybridized carbons (Fsp3) is 0.606. The molecule has 0 aromatic heterocycles. The third kappa shape index (κ3) is 9.47. The van der Waals surface area contributed by atoms with Gasteiger partial charge in [-0.3, -0.25) is 4.79 Å². The van der Waals surface area contributed by atoms with Crippen molar-refractivity contribution in [2.75, 3.05) is 11.4 Å². The predicted molar refractivity (Wildman–Crippen MR) is 152 cm³/mol. The van der Waals surface area contributed by atoms with Crippen molar-refractivity contribution in [2.45, 2.75) is 122 Å². The number of carbonyl (C=O) groups is 1. The van der Waals surface area contributed by atoms with Gasteiger partial charge in [0, 0.05) is 23.5 Å². The molecule has 1 aliphatic rings. The number of hydrogen-bond acceptors (Lipinski definition) is 2. The highest BCUT2D eigenvalue weighted by atomic mass is 16.1. The van der Waals surface area contributed by atoms with E-state index in [1.54, 1.807) is 0 Å². The summed E-state index contributed by atoms with van der Waals surface area (Å²) in [7, 11) is 0. The Hall–Kier alpha value is -2.09. The Morgan fingerprint density at radius 2 is 1.14 bits per heavy atom. The maximum absolute atomic E-state index is 11.3. The van der Waals surface area contributed by atoms with Crippen LogP contribution >= 0.6 is 0 Å². The van der Waals surface area contributed by atoms with E-state index in [1.807, 2.05) is 6.07 Å².